The van der Waals surface area contributed by atoms with E-state index in [1.165, 1.54) is 13.3 Å². The number of methoxy groups -OCH3 is 1. The number of aromatic amines is 1. The molecule has 1 aliphatic heterocycles. The van der Waals surface area contributed by atoms with E-state index in [0.29, 0.717) is 34.3 Å². The van der Waals surface area contributed by atoms with E-state index in [0.717, 1.165) is 55.1 Å². The van der Waals surface area contributed by atoms with E-state index >= 15 is 0 Å². The van der Waals surface area contributed by atoms with Crippen LogP contribution in [0.4, 0.5) is 5.69 Å². The van der Waals surface area contributed by atoms with Crippen molar-refractivity contribution in [3.8, 4) is 28.6 Å². The van der Waals surface area contributed by atoms with Crippen LogP contribution in [0.5, 0.6) is 17.5 Å². The van der Waals surface area contributed by atoms with E-state index < -0.39 is 0 Å². The van der Waals surface area contributed by atoms with Gasteiger partial charge in [0.15, 0.2) is 5.69 Å². The van der Waals surface area contributed by atoms with Crippen molar-refractivity contribution in [3.63, 3.8) is 0 Å². The number of carbonyl (C=O) groups excluding carboxylic acids is 1. The lowest BCUT2D eigenvalue weighted by Crippen LogP contribution is -2.35. The van der Waals surface area contributed by atoms with Crippen LogP contribution in [0.15, 0.2) is 73.3 Å². The lowest BCUT2D eigenvalue weighted by molar-refractivity contribution is 0.0341. The van der Waals surface area contributed by atoms with Crippen LogP contribution in [0.2, 0.25) is 0 Å². The van der Waals surface area contributed by atoms with Gasteiger partial charge in [-0.05, 0) is 41.5 Å². The second-order valence-electron chi connectivity index (χ2n) is 9.28. The Morgan fingerprint density at radius 2 is 1.90 bits per heavy atom. The number of rotatable bonds is 8. The van der Waals surface area contributed by atoms with Crippen molar-refractivity contribution in [1.82, 2.24) is 30.0 Å². The fraction of sp³-hybridized carbons (Fsp3) is 0.207. The van der Waals surface area contributed by atoms with Crippen molar-refractivity contribution in [1.29, 1.82) is 0 Å². The second-order valence-corrected chi connectivity index (χ2v) is 9.28. The van der Waals surface area contributed by atoms with E-state index in [1.54, 1.807) is 30.5 Å². The molecule has 2 N–H and O–H groups in total. The van der Waals surface area contributed by atoms with Crippen LogP contribution in [-0.2, 0) is 11.3 Å². The summed E-state index contributed by atoms with van der Waals surface area (Å²) in [5.74, 6) is 0.993. The molecule has 0 radical (unpaired) electrons. The summed E-state index contributed by atoms with van der Waals surface area (Å²) in [5, 5.41) is 10.8. The molecule has 0 bridgehead atoms. The van der Waals surface area contributed by atoms with Crippen molar-refractivity contribution in [2.45, 2.75) is 6.54 Å². The number of nitrogens with zero attached hydrogens (tertiary/aromatic N) is 5. The van der Waals surface area contributed by atoms with E-state index in [9.17, 15) is 4.79 Å². The molecule has 5 heterocycles. The first kappa shape index (κ1) is 25.4. The van der Waals surface area contributed by atoms with Gasteiger partial charge in [-0.3, -0.25) is 19.8 Å². The van der Waals surface area contributed by atoms with Crippen molar-refractivity contribution >= 4 is 22.5 Å². The Bertz CT molecular complexity index is 1630. The fourth-order valence-electron chi connectivity index (χ4n) is 4.51. The second kappa shape index (κ2) is 11.5. The van der Waals surface area contributed by atoms with E-state index in [1.807, 2.05) is 30.6 Å². The van der Waals surface area contributed by atoms with Crippen LogP contribution in [0.1, 0.15) is 16.1 Å². The minimum atomic E-state index is -0.350. The van der Waals surface area contributed by atoms with Crippen LogP contribution in [0, 0.1) is 0 Å². The molecular formula is C29H27N7O4. The predicted molar refractivity (Wildman–Crippen MR) is 148 cm³/mol. The Morgan fingerprint density at radius 3 is 2.73 bits per heavy atom. The quantitative estimate of drug-likeness (QED) is 0.298. The topological polar surface area (TPSA) is 127 Å². The van der Waals surface area contributed by atoms with Crippen molar-refractivity contribution < 1.29 is 19.0 Å². The zero-order valence-corrected chi connectivity index (χ0v) is 21.8. The molecule has 40 heavy (non-hydrogen) atoms. The first-order chi connectivity index (χ1) is 19.6. The Kier molecular flexibility index (Phi) is 7.29. The summed E-state index contributed by atoms with van der Waals surface area (Å²) in [5.41, 5.74) is 4.63. The summed E-state index contributed by atoms with van der Waals surface area (Å²) in [4.78, 5) is 28.3. The minimum absolute atomic E-state index is 0.290. The van der Waals surface area contributed by atoms with Gasteiger partial charge in [0.25, 0.3) is 5.91 Å². The summed E-state index contributed by atoms with van der Waals surface area (Å²) in [6, 6.07) is 14.8. The van der Waals surface area contributed by atoms with Gasteiger partial charge in [-0.15, -0.1) is 0 Å². The molecule has 0 unspecified atom stereocenters. The van der Waals surface area contributed by atoms with Crippen LogP contribution >= 0.6 is 0 Å². The molecule has 0 spiro atoms. The third-order valence-electron chi connectivity index (χ3n) is 6.55. The minimum Gasteiger partial charge on any atom is -0.481 e. The normalized spacial score (nSPS) is 13.7. The van der Waals surface area contributed by atoms with Crippen molar-refractivity contribution in [2.24, 2.45) is 0 Å². The summed E-state index contributed by atoms with van der Waals surface area (Å²) in [6.45, 7) is 4.15. The lowest BCUT2D eigenvalue weighted by Gasteiger charge is -2.26. The first-order valence-corrected chi connectivity index (χ1v) is 12.8. The van der Waals surface area contributed by atoms with Gasteiger partial charge in [-0.2, -0.15) is 5.10 Å². The van der Waals surface area contributed by atoms with E-state index in [4.69, 9.17) is 14.2 Å². The zero-order chi connectivity index (χ0) is 27.3. The molecule has 202 valence electrons. The number of ether oxygens (including phenoxy) is 3. The number of benzene rings is 1. The van der Waals surface area contributed by atoms with Crippen LogP contribution in [0.3, 0.4) is 0 Å². The van der Waals surface area contributed by atoms with Gasteiger partial charge in [0.2, 0.25) is 11.8 Å². The van der Waals surface area contributed by atoms with E-state index in [2.05, 4.69) is 41.4 Å². The number of hydrogen-bond donors (Lipinski definition) is 2. The molecule has 11 heteroatoms. The maximum absolute atomic E-state index is 13.2. The Labute approximate surface area is 230 Å². The highest BCUT2D eigenvalue weighted by Gasteiger charge is 2.17. The average Bonchev–Trinajstić information content (AvgIpc) is 3.43. The van der Waals surface area contributed by atoms with Gasteiger partial charge in [-0.1, -0.05) is 6.07 Å². The molecule has 1 aliphatic rings. The average molecular weight is 538 g/mol. The molecule has 1 fully saturated rings. The summed E-state index contributed by atoms with van der Waals surface area (Å²) in [7, 11) is 1.54. The van der Waals surface area contributed by atoms with Crippen LogP contribution in [0.25, 0.3) is 22.0 Å². The molecular weight excluding hydrogens is 510 g/mol. The summed E-state index contributed by atoms with van der Waals surface area (Å²) in [6.07, 6.45) is 6.84. The molecule has 0 atom stereocenters. The monoisotopic (exact) mass is 537 g/mol. The molecule has 4 aromatic heterocycles. The number of carbonyl (C=O) groups is 1. The van der Waals surface area contributed by atoms with Crippen LogP contribution < -0.4 is 14.8 Å². The maximum atomic E-state index is 13.2. The molecule has 6 rings (SSSR count). The first-order valence-electron chi connectivity index (χ1n) is 12.8. The number of aromatic nitrogens is 5. The highest BCUT2D eigenvalue weighted by Crippen LogP contribution is 2.27. The van der Waals surface area contributed by atoms with E-state index in [-0.39, 0.29) is 5.91 Å². The third kappa shape index (κ3) is 5.75. The largest absolute Gasteiger partial charge is 0.481 e. The number of anilines is 1. The summed E-state index contributed by atoms with van der Waals surface area (Å²) >= 11 is 0. The van der Waals surface area contributed by atoms with Gasteiger partial charge in [-0.25, -0.2) is 9.97 Å². The van der Waals surface area contributed by atoms with Crippen molar-refractivity contribution in [3.05, 3.63) is 84.6 Å². The number of amides is 1. The predicted octanol–water partition coefficient (Wildman–Crippen LogP) is 4.30. The Hall–Kier alpha value is -4.87. The Balaban J connectivity index is 1.16. The molecule has 11 nitrogen and oxygen atoms in total. The van der Waals surface area contributed by atoms with Crippen molar-refractivity contribution in [2.75, 3.05) is 38.7 Å². The van der Waals surface area contributed by atoms with Gasteiger partial charge in [0.05, 0.1) is 37.7 Å². The fourth-order valence-corrected chi connectivity index (χ4v) is 4.51. The number of nitrogens with one attached hydrogen (secondary N) is 2. The van der Waals surface area contributed by atoms with Gasteiger partial charge < -0.3 is 19.5 Å². The van der Waals surface area contributed by atoms with Gasteiger partial charge >= 0.3 is 0 Å². The zero-order valence-electron chi connectivity index (χ0n) is 21.8. The molecule has 1 amide bonds. The Morgan fingerprint density at radius 1 is 1.00 bits per heavy atom. The van der Waals surface area contributed by atoms with Crippen LogP contribution in [-0.4, -0.2) is 69.4 Å². The number of H-pyrrole nitrogens is 1. The molecule has 5 aromatic rings. The maximum Gasteiger partial charge on any atom is 0.276 e. The molecule has 1 saturated heterocycles. The van der Waals surface area contributed by atoms with Gasteiger partial charge in [0, 0.05) is 61.3 Å². The standard InChI is InChI=1S/C29H27N7O4/c1-38-27-14-23(6-7-31-27)40-26-5-3-22(17-32-26)33-29(37)28-24-13-20(2-4-25(24)34-35-28)21-12-19(15-30-16-21)18-36-8-10-39-11-9-36/h2-7,12-17H,8-11,18H2,1H3,(H,33,37)(H,34,35). The van der Waals surface area contributed by atoms with Gasteiger partial charge in [0.1, 0.15) is 5.75 Å². The third-order valence-corrected chi connectivity index (χ3v) is 6.55. The highest BCUT2D eigenvalue weighted by atomic mass is 16.5. The molecule has 0 saturated carbocycles. The summed E-state index contributed by atoms with van der Waals surface area (Å²) < 4.78 is 16.3. The number of pyridine rings is 3. The SMILES string of the molecule is COc1cc(Oc2ccc(NC(=O)c3n[nH]c4ccc(-c5cncc(CN6CCOCC6)c5)cc34)cn2)ccn1. The number of hydrogen-bond acceptors (Lipinski definition) is 9. The lowest BCUT2D eigenvalue weighted by atomic mass is 10.0. The number of fused-ring (bicyclic) bond motifs is 1. The molecule has 0 aliphatic carbocycles. The highest BCUT2D eigenvalue weighted by molar-refractivity contribution is 6.11. The number of morpholine rings is 1. The smallest absolute Gasteiger partial charge is 0.276 e. The molecule has 1 aromatic carbocycles.